The summed E-state index contributed by atoms with van der Waals surface area (Å²) in [5.41, 5.74) is 0. The zero-order chi connectivity index (χ0) is 21.6. The molecule has 0 amide bonds. The lowest BCUT2D eigenvalue weighted by Crippen LogP contribution is -2.36. The van der Waals surface area contributed by atoms with Gasteiger partial charge in [0.05, 0.1) is 6.61 Å². The molecule has 1 atom stereocenters. The van der Waals surface area contributed by atoms with E-state index in [1.807, 2.05) is 14.1 Å². The predicted molar refractivity (Wildman–Crippen MR) is 126 cm³/mol. The highest BCUT2D eigenvalue weighted by molar-refractivity contribution is 5.81. The van der Waals surface area contributed by atoms with Gasteiger partial charge in [0.1, 0.15) is 5.78 Å². The van der Waals surface area contributed by atoms with Crippen molar-refractivity contribution in [2.45, 2.75) is 96.8 Å². The number of hydrogen-bond acceptors (Lipinski definition) is 4. The number of ketones is 1. The van der Waals surface area contributed by atoms with Gasteiger partial charge in [0.25, 0.3) is 0 Å². The number of aliphatic hydroxyl groups excluding tert-OH is 1. The molecule has 0 saturated carbocycles. The normalized spacial score (nSPS) is 12.9. The van der Waals surface area contributed by atoms with E-state index in [1.165, 1.54) is 70.6 Å². The molecular formula is C25H50N2O2. The van der Waals surface area contributed by atoms with Crippen LogP contribution in [-0.4, -0.2) is 56.1 Å². The van der Waals surface area contributed by atoms with Crippen molar-refractivity contribution in [2.24, 2.45) is 5.92 Å². The average Bonchev–Trinajstić information content (AvgIpc) is 2.69. The summed E-state index contributed by atoms with van der Waals surface area (Å²) in [5, 5.41) is 12.1. The molecule has 0 aromatic carbocycles. The summed E-state index contributed by atoms with van der Waals surface area (Å²) in [4.78, 5) is 14.5. The molecule has 0 aliphatic heterocycles. The van der Waals surface area contributed by atoms with Crippen LogP contribution in [0.1, 0.15) is 96.8 Å². The Morgan fingerprint density at radius 3 is 2.00 bits per heavy atom. The van der Waals surface area contributed by atoms with Gasteiger partial charge >= 0.3 is 0 Å². The van der Waals surface area contributed by atoms with Crippen LogP contribution in [0, 0.1) is 5.92 Å². The summed E-state index contributed by atoms with van der Waals surface area (Å²) < 4.78 is 0. The Hall–Kier alpha value is -0.710. The van der Waals surface area contributed by atoms with Crippen molar-refractivity contribution >= 4 is 5.78 Å². The van der Waals surface area contributed by atoms with Crippen LogP contribution in [0.2, 0.25) is 0 Å². The number of hydrogen-bond donors (Lipinski definition) is 2. The van der Waals surface area contributed by atoms with E-state index in [0.717, 1.165) is 19.4 Å². The molecule has 0 heterocycles. The third kappa shape index (κ3) is 20.3. The lowest BCUT2D eigenvalue weighted by atomic mass is 9.97. The van der Waals surface area contributed by atoms with Gasteiger partial charge in [-0.25, -0.2) is 0 Å². The van der Waals surface area contributed by atoms with Gasteiger partial charge in [-0.1, -0.05) is 70.4 Å². The molecule has 172 valence electrons. The number of Topliss-reactive ketones (excluding diaryl/α,β-unsaturated/α-hetero) is 1. The topological polar surface area (TPSA) is 52.6 Å². The highest BCUT2D eigenvalue weighted by atomic mass is 16.3. The lowest BCUT2D eigenvalue weighted by Gasteiger charge is -2.20. The van der Waals surface area contributed by atoms with Gasteiger partial charge in [-0.05, 0) is 46.2 Å². The van der Waals surface area contributed by atoms with Gasteiger partial charge in [0, 0.05) is 32.0 Å². The molecule has 0 aromatic rings. The summed E-state index contributed by atoms with van der Waals surface area (Å²) in [5.74, 6) is 0.398. The Bertz CT molecular complexity index is 383. The zero-order valence-corrected chi connectivity index (χ0v) is 19.8. The summed E-state index contributed by atoms with van der Waals surface area (Å²) in [6, 6.07) is 0. The third-order valence-corrected chi connectivity index (χ3v) is 5.41. The molecule has 29 heavy (non-hydrogen) atoms. The molecule has 0 aliphatic carbocycles. The van der Waals surface area contributed by atoms with Crippen molar-refractivity contribution in [3.63, 3.8) is 0 Å². The maximum absolute atomic E-state index is 12.5. The molecule has 4 nitrogen and oxygen atoms in total. The number of unbranched alkanes of at least 4 members (excludes halogenated alkanes) is 11. The molecule has 4 heteroatoms. The highest BCUT2D eigenvalue weighted by Gasteiger charge is 2.18. The smallest absolute Gasteiger partial charge is 0.138 e. The van der Waals surface area contributed by atoms with E-state index < -0.39 is 0 Å². The van der Waals surface area contributed by atoms with Crippen molar-refractivity contribution < 1.29 is 9.90 Å². The fraction of sp³-hybridized carbons (Fsp3) is 0.880. The monoisotopic (exact) mass is 410 g/mol. The average molecular weight is 411 g/mol. The number of nitrogens with one attached hydrogen (secondary N) is 1. The van der Waals surface area contributed by atoms with Crippen LogP contribution in [0.3, 0.4) is 0 Å². The largest absolute Gasteiger partial charge is 0.395 e. The van der Waals surface area contributed by atoms with Crippen LogP contribution < -0.4 is 5.32 Å². The number of carbonyl (C=O) groups excluding carboxylic acids is 1. The molecule has 2 N–H and O–H groups in total. The zero-order valence-electron chi connectivity index (χ0n) is 19.8. The second-order valence-electron chi connectivity index (χ2n) is 8.69. The van der Waals surface area contributed by atoms with Crippen molar-refractivity contribution in [1.29, 1.82) is 0 Å². The van der Waals surface area contributed by atoms with Gasteiger partial charge in [0.2, 0.25) is 0 Å². The van der Waals surface area contributed by atoms with Gasteiger partial charge < -0.3 is 15.3 Å². The Morgan fingerprint density at radius 2 is 1.45 bits per heavy atom. The van der Waals surface area contributed by atoms with Gasteiger partial charge in [-0.15, -0.1) is 0 Å². The van der Waals surface area contributed by atoms with Crippen molar-refractivity contribution in [3.8, 4) is 0 Å². The maximum Gasteiger partial charge on any atom is 0.138 e. The minimum absolute atomic E-state index is 0.0355. The molecule has 0 fully saturated rings. The summed E-state index contributed by atoms with van der Waals surface area (Å²) in [7, 11) is 4.02. The molecular weight excluding hydrogens is 360 g/mol. The molecule has 0 bridgehead atoms. The summed E-state index contributed by atoms with van der Waals surface area (Å²) in [6.07, 6.45) is 22.1. The first-order valence-electron chi connectivity index (χ1n) is 12.3. The van der Waals surface area contributed by atoms with E-state index in [4.69, 9.17) is 5.11 Å². The Labute approximate surface area is 181 Å². The Kier molecular flexibility index (Phi) is 21.4. The molecule has 0 radical (unpaired) electrons. The summed E-state index contributed by atoms with van der Waals surface area (Å²) >= 11 is 0. The molecule has 0 aromatic heterocycles. The van der Waals surface area contributed by atoms with Crippen LogP contribution in [0.25, 0.3) is 0 Å². The third-order valence-electron chi connectivity index (χ3n) is 5.41. The van der Waals surface area contributed by atoms with Crippen molar-refractivity contribution in [2.75, 3.05) is 40.3 Å². The fourth-order valence-corrected chi connectivity index (χ4v) is 3.65. The van der Waals surface area contributed by atoms with E-state index in [0.29, 0.717) is 25.3 Å². The number of rotatable bonds is 22. The number of carbonyl (C=O) groups is 1. The van der Waals surface area contributed by atoms with Gasteiger partial charge in [-0.2, -0.15) is 0 Å². The maximum atomic E-state index is 12.5. The van der Waals surface area contributed by atoms with Crippen LogP contribution >= 0.6 is 0 Å². The first kappa shape index (κ1) is 28.3. The van der Waals surface area contributed by atoms with E-state index in [9.17, 15) is 4.79 Å². The van der Waals surface area contributed by atoms with E-state index >= 15 is 0 Å². The molecule has 0 spiro atoms. The predicted octanol–water partition coefficient (Wildman–Crippen LogP) is 5.35. The second-order valence-corrected chi connectivity index (χ2v) is 8.69. The van der Waals surface area contributed by atoms with Gasteiger partial charge in [-0.3, -0.25) is 4.79 Å². The van der Waals surface area contributed by atoms with Crippen molar-refractivity contribution in [3.05, 3.63) is 12.2 Å². The Balaban J connectivity index is 3.59. The quantitative estimate of drug-likeness (QED) is 0.186. The second kappa shape index (κ2) is 22.0. The minimum Gasteiger partial charge on any atom is -0.395 e. The Morgan fingerprint density at radius 1 is 0.897 bits per heavy atom. The lowest BCUT2D eigenvalue weighted by molar-refractivity contribution is -0.123. The first-order valence-corrected chi connectivity index (χ1v) is 12.3. The molecule has 0 rings (SSSR count). The van der Waals surface area contributed by atoms with Crippen LogP contribution in [0.15, 0.2) is 12.2 Å². The van der Waals surface area contributed by atoms with E-state index in [-0.39, 0.29) is 12.5 Å². The molecule has 0 aliphatic rings. The van der Waals surface area contributed by atoms with Crippen LogP contribution in [0.5, 0.6) is 0 Å². The number of allylic oxidation sites excluding steroid dienone is 2. The molecule has 1 unspecified atom stereocenters. The van der Waals surface area contributed by atoms with Crippen molar-refractivity contribution in [1.82, 2.24) is 10.2 Å². The number of nitrogens with zero attached hydrogens (tertiary/aromatic N) is 1. The summed E-state index contributed by atoms with van der Waals surface area (Å²) in [6.45, 7) is 4.40. The fourth-order valence-electron chi connectivity index (χ4n) is 3.65. The van der Waals surface area contributed by atoms with Crippen LogP contribution in [-0.2, 0) is 4.79 Å². The van der Waals surface area contributed by atoms with E-state index in [2.05, 4.69) is 29.3 Å². The standard InChI is InChI=1S/C25H50N2O2/c1-4-5-6-7-8-9-10-11-12-13-14-15-16-17-18-19-25(29)24(23-27(2)3)22-26-20-21-28/h11-12,24,26,28H,4-10,13-23H2,1-3H3/b12-11-. The SMILES string of the molecule is CCCCCCCC/C=C\CCCCCCCC(=O)C(CNCCO)CN(C)C. The molecule has 0 saturated heterocycles. The minimum atomic E-state index is 0.0355. The highest BCUT2D eigenvalue weighted by Crippen LogP contribution is 2.12. The van der Waals surface area contributed by atoms with E-state index in [1.54, 1.807) is 0 Å². The number of aliphatic hydroxyl groups is 1. The first-order chi connectivity index (χ1) is 14.1. The van der Waals surface area contributed by atoms with Crippen LogP contribution in [0.4, 0.5) is 0 Å². The van der Waals surface area contributed by atoms with Gasteiger partial charge in [0.15, 0.2) is 0 Å².